The van der Waals surface area contributed by atoms with Crippen LogP contribution in [0.15, 0.2) is 54.6 Å². The normalized spacial score (nSPS) is 10.9. The summed E-state index contributed by atoms with van der Waals surface area (Å²) in [5.41, 5.74) is 1.14. The van der Waals surface area contributed by atoms with Gasteiger partial charge in [0.1, 0.15) is 5.75 Å². The minimum atomic E-state index is -0.181. The van der Waals surface area contributed by atoms with Crippen molar-refractivity contribution in [2.75, 3.05) is 27.2 Å². The maximum atomic E-state index is 12.7. The molecule has 1 heterocycles. The number of aromatic nitrogens is 1. The number of benzene rings is 2. The van der Waals surface area contributed by atoms with Gasteiger partial charge < -0.3 is 15.0 Å². The van der Waals surface area contributed by atoms with Crippen molar-refractivity contribution in [2.24, 2.45) is 0 Å². The smallest absolute Gasteiger partial charge is 0.252 e. The standard InChI is InChI=1S/C20H20ClN3O2/c1-24(2)11-10-22-20(25)17-13-19(26-15-6-4-3-5-7-15)23-18-9-8-14(21)12-16(17)18/h3-9,12-13H,10-11H2,1-2H3,(H,22,25). The zero-order chi connectivity index (χ0) is 18.5. The highest BCUT2D eigenvalue weighted by Gasteiger charge is 2.14. The van der Waals surface area contributed by atoms with Crippen LogP contribution in [0.4, 0.5) is 0 Å². The summed E-state index contributed by atoms with van der Waals surface area (Å²) in [6, 6.07) is 16.3. The van der Waals surface area contributed by atoms with Crippen molar-refractivity contribution in [3.8, 4) is 11.6 Å². The highest BCUT2D eigenvalue weighted by atomic mass is 35.5. The van der Waals surface area contributed by atoms with Crippen LogP contribution in [0.3, 0.4) is 0 Å². The van der Waals surface area contributed by atoms with Gasteiger partial charge in [0, 0.05) is 29.6 Å². The number of carbonyl (C=O) groups excluding carboxylic acids is 1. The van der Waals surface area contributed by atoms with Crippen LogP contribution in [0.1, 0.15) is 10.4 Å². The summed E-state index contributed by atoms with van der Waals surface area (Å²) in [4.78, 5) is 19.2. The first-order chi connectivity index (χ1) is 12.5. The molecule has 0 unspecified atom stereocenters. The lowest BCUT2D eigenvalue weighted by molar-refractivity contribution is 0.0952. The summed E-state index contributed by atoms with van der Waals surface area (Å²) < 4.78 is 5.82. The van der Waals surface area contributed by atoms with Gasteiger partial charge in [-0.25, -0.2) is 4.98 Å². The van der Waals surface area contributed by atoms with Gasteiger partial charge in [0.15, 0.2) is 0 Å². The van der Waals surface area contributed by atoms with Crippen LogP contribution < -0.4 is 10.1 Å². The Hall–Kier alpha value is -2.63. The van der Waals surface area contributed by atoms with Crippen LogP contribution in [0, 0.1) is 0 Å². The summed E-state index contributed by atoms with van der Waals surface area (Å²) in [7, 11) is 3.92. The first-order valence-corrected chi connectivity index (χ1v) is 8.67. The van der Waals surface area contributed by atoms with E-state index >= 15 is 0 Å². The molecular weight excluding hydrogens is 350 g/mol. The minimum absolute atomic E-state index is 0.181. The van der Waals surface area contributed by atoms with E-state index in [0.29, 0.717) is 39.7 Å². The highest BCUT2D eigenvalue weighted by molar-refractivity contribution is 6.31. The van der Waals surface area contributed by atoms with Crippen LogP contribution in [0.25, 0.3) is 10.9 Å². The van der Waals surface area contributed by atoms with Crippen molar-refractivity contribution in [3.63, 3.8) is 0 Å². The van der Waals surface area contributed by atoms with Crippen LogP contribution in [-0.2, 0) is 0 Å². The van der Waals surface area contributed by atoms with E-state index in [1.807, 2.05) is 49.3 Å². The average molecular weight is 370 g/mol. The molecule has 134 valence electrons. The molecule has 5 nitrogen and oxygen atoms in total. The summed E-state index contributed by atoms with van der Waals surface area (Å²) in [6.07, 6.45) is 0. The molecule has 0 spiro atoms. The van der Waals surface area contributed by atoms with Crippen molar-refractivity contribution in [1.29, 1.82) is 0 Å². The van der Waals surface area contributed by atoms with E-state index in [4.69, 9.17) is 16.3 Å². The van der Waals surface area contributed by atoms with Gasteiger partial charge in [0.2, 0.25) is 5.88 Å². The number of nitrogens with one attached hydrogen (secondary N) is 1. The Balaban J connectivity index is 1.95. The van der Waals surface area contributed by atoms with Gasteiger partial charge in [-0.3, -0.25) is 4.79 Å². The van der Waals surface area contributed by atoms with Crippen LogP contribution in [0.5, 0.6) is 11.6 Å². The summed E-state index contributed by atoms with van der Waals surface area (Å²) in [5.74, 6) is 0.843. The first kappa shape index (κ1) is 18.2. The van der Waals surface area contributed by atoms with Gasteiger partial charge in [-0.15, -0.1) is 0 Å². The molecule has 6 heteroatoms. The number of likely N-dealkylation sites (N-methyl/N-ethyl adjacent to an activating group) is 1. The number of hydrogen-bond donors (Lipinski definition) is 1. The van der Waals surface area contributed by atoms with Gasteiger partial charge in [-0.1, -0.05) is 29.8 Å². The van der Waals surface area contributed by atoms with Crippen LogP contribution in [-0.4, -0.2) is 43.0 Å². The third-order valence-electron chi connectivity index (χ3n) is 3.80. The minimum Gasteiger partial charge on any atom is -0.439 e. The lowest BCUT2D eigenvalue weighted by Crippen LogP contribution is -2.31. The number of fused-ring (bicyclic) bond motifs is 1. The first-order valence-electron chi connectivity index (χ1n) is 8.29. The number of amides is 1. The van der Waals surface area contributed by atoms with Crippen molar-refractivity contribution >= 4 is 28.4 Å². The van der Waals surface area contributed by atoms with E-state index in [-0.39, 0.29) is 5.91 Å². The second kappa shape index (κ2) is 8.17. The van der Waals surface area contributed by atoms with Gasteiger partial charge >= 0.3 is 0 Å². The second-order valence-corrected chi connectivity index (χ2v) is 6.58. The number of ether oxygens (including phenoxy) is 1. The molecule has 1 amide bonds. The Bertz CT molecular complexity index is 914. The number of carbonyl (C=O) groups is 1. The summed E-state index contributed by atoms with van der Waals surface area (Å²) in [5, 5.41) is 4.17. The summed E-state index contributed by atoms with van der Waals surface area (Å²) >= 11 is 6.11. The molecule has 0 fully saturated rings. The number of para-hydroxylation sites is 1. The zero-order valence-corrected chi connectivity index (χ0v) is 15.5. The predicted molar refractivity (Wildman–Crippen MR) is 104 cm³/mol. The van der Waals surface area contributed by atoms with E-state index in [9.17, 15) is 4.79 Å². The molecule has 0 saturated heterocycles. The van der Waals surface area contributed by atoms with Crippen molar-refractivity contribution < 1.29 is 9.53 Å². The molecule has 0 aliphatic heterocycles. The number of hydrogen-bond acceptors (Lipinski definition) is 4. The number of rotatable bonds is 6. The molecule has 0 bridgehead atoms. The van der Waals surface area contributed by atoms with E-state index in [0.717, 1.165) is 6.54 Å². The molecule has 1 aromatic heterocycles. The molecular formula is C20H20ClN3O2. The molecule has 1 N–H and O–H groups in total. The Kier molecular flexibility index (Phi) is 5.71. The maximum absolute atomic E-state index is 12.7. The second-order valence-electron chi connectivity index (χ2n) is 6.14. The third kappa shape index (κ3) is 4.50. The maximum Gasteiger partial charge on any atom is 0.252 e. The lowest BCUT2D eigenvalue weighted by Gasteiger charge is -2.13. The fourth-order valence-corrected chi connectivity index (χ4v) is 2.68. The Morgan fingerprint density at radius 1 is 1.15 bits per heavy atom. The van der Waals surface area contributed by atoms with E-state index in [1.54, 1.807) is 24.3 Å². The molecule has 0 atom stereocenters. The average Bonchev–Trinajstić information content (AvgIpc) is 2.62. The van der Waals surface area contributed by atoms with E-state index in [2.05, 4.69) is 10.3 Å². The Labute approximate surface area is 157 Å². The number of halogens is 1. The molecule has 0 aliphatic carbocycles. The topological polar surface area (TPSA) is 54.5 Å². The monoisotopic (exact) mass is 369 g/mol. The zero-order valence-electron chi connectivity index (χ0n) is 14.7. The highest BCUT2D eigenvalue weighted by Crippen LogP contribution is 2.27. The van der Waals surface area contributed by atoms with Gasteiger partial charge in [0.05, 0.1) is 11.1 Å². The molecule has 3 aromatic rings. The van der Waals surface area contributed by atoms with Gasteiger partial charge in [0.25, 0.3) is 5.91 Å². The number of nitrogens with zero attached hydrogens (tertiary/aromatic N) is 2. The molecule has 3 rings (SSSR count). The molecule has 0 saturated carbocycles. The van der Waals surface area contributed by atoms with Crippen molar-refractivity contribution in [2.45, 2.75) is 0 Å². The predicted octanol–water partition coefficient (Wildman–Crippen LogP) is 3.97. The van der Waals surface area contributed by atoms with Crippen LogP contribution in [0.2, 0.25) is 5.02 Å². The van der Waals surface area contributed by atoms with Crippen molar-refractivity contribution in [3.05, 3.63) is 65.2 Å². The Morgan fingerprint density at radius 3 is 2.65 bits per heavy atom. The lowest BCUT2D eigenvalue weighted by atomic mass is 10.1. The third-order valence-corrected chi connectivity index (χ3v) is 4.04. The SMILES string of the molecule is CN(C)CCNC(=O)c1cc(Oc2ccccc2)nc2ccc(Cl)cc12. The van der Waals surface area contributed by atoms with Gasteiger partial charge in [-0.2, -0.15) is 0 Å². The van der Waals surface area contributed by atoms with Crippen LogP contribution >= 0.6 is 11.6 Å². The quantitative estimate of drug-likeness (QED) is 0.714. The molecule has 0 aliphatic rings. The van der Waals surface area contributed by atoms with Gasteiger partial charge in [-0.05, 0) is 44.4 Å². The summed E-state index contributed by atoms with van der Waals surface area (Å²) in [6.45, 7) is 1.30. The van der Waals surface area contributed by atoms with Crippen molar-refractivity contribution in [1.82, 2.24) is 15.2 Å². The fraction of sp³-hybridized carbons (Fsp3) is 0.200. The van der Waals surface area contributed by atoms with E-state index < -0.39 is 0 Å². The largest absolute Gasteiger partial charge is 0.439 e. The van der Waals surface area contributed by atoms with E-state index in [1.165, 1.54) is 0 Å². The Morgan fingerprint density at radius 2 is 1.92 bits per heavy atom. The molecule has 26 heavy (non-hydrogen) atoms. The number of pyridine rings is 1. The molecule has 2 aromatic carbocycles. The fourth-order valence-electron chi connectivity index (χ4n) is 2.51. The molecule has 0 radical (unpaired) electrons.